The molecule has 156 valence electrons. The number of urea groups is 1. The third-order valence-corrected chi connectivity index (χ3v) is 7.86. The normalized spacial score (nSPS) is 15.3. The predicted molar refractivity (Wildman–Crippen MR) is 115 cm³/mol. The fourth-order valence-corrected chi connectivity index (χ4v) is 5.42. The number of sulfonamides is 1. The Morgan fingerprint density at radius 2 is 1.72 bits per heavy atom. The molecule has 2 aromatic rings. The van der Waals surface area contributed by atoms with Gasteiger partial charge in [-0.1, -0.05) is 53.5 Å². The fraction of sp³-hybridized carbons (Fsp3) is 0.350. The Kier molecular flexibility index (Phi) is 7.05. The predicted octanol–water partition coefficient (Wildman–Crippen LogP) is 3.56. The van der Waals surface area contributed by atoms with Crippen molar-refractivity contribution in [2.45, 2.75) is 18.2 Å². The van der Waals surface area contributed by atoms with Crippen LogP contribution < -0.4 is 5.32 Å². The smallest absolute Gasteiger partial charge is 0.317 e. The molecular weight excluding hydrogens is 433 g/mol. The Hall–Kier alpha value is -1.80. The van der Waals surface area contributed by atoms with Gasteiger partial charge in [0.2, 0.25) is 10.0 Å². The Morgan fingerprint density at radius 3 is 2.41 bits per heavy atom. The van der Waals surface area contributed by atoms with Crippen molar-refractivity contribution >= 4 is 39.3 Å². The second-order valence-corrected chi connectivity index (χ2v) is 9.54. The Labute approximate surface area is 181 Å². The molecule has 0 spiro atoms. The first-order valence-corrected chi connectivity index (χ1v) is 11.5. The molecule has 0 atom stereocenters. The van der Waals surface area contributed by atoms with Crippen LogP contribution in [0.5, 0.6) is 0 Å². The van der Waals surface area contributed by atoms with Crippen LogP contribution in [-0.4, -0.2) is 56.4 Å². The minimum atomic E-state index is -3.76. The number of amides is 2. The van der Waals surface area contributed by atoms with Gasteiger partial charge in [-0.3, -0.25) is 0 Å². The van der Waals surface area contributed by atoms with Crippen LogP contribution in [0.3, 0.4) is 0 Å². The van der Waals surface area contributed by atoms with Crippen LogP contribution in [0.2, 0.25) is 10.0 Å². The number of carbonyl (C=O) groups is 1. The zero-order valence-corrected chi connectivity index (χ0v) is 18.4. The summed E-state index contributed by atoms with van der Waals surface area (Å²) in [6, 6.07) is 12.4. The molecule has 3 rings (SSSR count). The first kappa shape index (κ1) is 21.9. The Morgan fingerprint density at radius 1 is 1.03 bits per heavy atom. The van der Waals surface area contributed by atoms with Crippen LogP contribution in [0.15, 0.2) is 47.4 Å². The van der Waals surface area contributed by atoms with Crippen LogP contribution in [0.25, 0.3) is 0 Å². The van der Waals surface area contributed by atoms with E-state index in [0.717, 1.165) is 6.42 Å². The minimum absolute atomic E-state index is 0.0113. The van der Waals surface area contributed by atoms with Crippen LogP contribution in [-0.2, 0) is 16.4 Å². The maximum Gasteiger partial charge on any atom is 0.317 e. The lowest BCUT2D eigenvalue weighted by molar-refractivity contribution is 0.172. The molecule has 0 saturated carbocycles. The molecule has 0 aromatic heterocycles. The van der Waals surface area contributed by atoms with Crippen molar-refractivity contribution < 1.29 is 13.2 Å². The maximum absolute atomic E-state index is 12.9. The van der Waals surface area contributed by atoms with Gasteiger partial charge in [0.15, 0.2) is 0 Å². The van der Waals surface area contributed by atoms with Gasteiger partial charge in [-0.15, -0.1) is 0 Å². The topological polar surface area (TPSA) is 69.7 Å². The highest BCUT2D eigenvalue weighted by molar-refractivity contribution is 7.89. The fourth-order valence-electron chi connectivity index (χ4n) is 3.26. The van der Waals surface area contributed by atoms with Crippen molar-refractivity contribution in [3.63, 3.8) is 0 Å². The molecule has 1 heterocycles. The molecule has 0 unspecified atom stereocenters. The van der Waals surface area contributed by atoms with Crippen LogP contribution in [0.1, 0.15) is 11.1 Å². The van der Waals surface area contributed by atoms with E-state index in [1.54, 1.807) is 17.0 Å². The molecule has 0 aliphatic carbocycles. The van der Waals surface area contributed by atoms with E-state index in [1.165, 1.54) is 21.5 Å². The molecule has 2 amide bonds. The van der Waals surface area contributed by atoms with Crippen LogP contribution >= 0.6 is 23.2 Å². The summed E-state index contributed by atoms with van der Waals surface area (Å²) in [6.45, 7) is 3.61. The summed E-state index contributed by atoms with van der Waals surface area (Å²) in [5, 5.41) is 3.12. The van der Waals surface area contributed by atoms with E-state index >= 15 is 0 Å². The van der Waals surface area contributed by atoms with Gasteiger partial charge in [0.25, 0.3) is 0 Å². The summed E-state index contributed by atoms with van der Waals surface area (Å²) in [6.07, 6.45) is 0.750. The molecule has 1 saturated heterocycles. The highest BCUT2D eigenvalue weighted by Crippen LogP contribution is 2.31. The molecule has 1 fully saturated rings. The molecule has 29 heavy (non-hydrogen) atoms. The minimum Gasteiger partial charge on any atom is -0.338 e. The Bertz CT molecular complexity index is 990. The van der Waals surface area contributed by atoms with E-state index < -0.39 is 10.0 Å². The van der Waals surface area contributed by atoms with Gasteiger partial charge in [0.05, 0.1) is 10.0 Å². The monoisotopic (exact) mass is 455 g/mol. The number of hydrogen-bond donors (Lipinski definition) is 1. The van der Waals surface area contributed by atoms with Crippen LogP contribution in [0, 0.1) is 6.92 Å². The molecule has 9 heteroatoms. The van der Waals surface area contributed by atoms with Gasteiger partial charge in [-0.05, 0) is 36.6 Å². The van der Waals surface area contributed by atoms with Crippen molar-refractivity contribution in [3.05, 3.63) is 63.6 Å². The number of hydrogen-bond acceptors (Lipinski definition) is 3. The SMILES string of the molecule is Cc1ccccc1CCNC(=O)N1CCN(S(=O)(=O)c2cccc(Cl)c2Cl)CC1. The average molecular weight is 456 g/mol. The van der Waals surface area contributed by atoms with Gasteiger partial charge >= 0.3 is 6.03 Å². The zero-order valence-electron chi connectivity index (χ0n) is 16.1. The molecular formula is C20H23Cl2N3O3S. The van der Waals surface area contributed by atoms with Crippen molar-refractivity contribution in [2.24, 2.45) is 0 Å². The molecule has 1 aliphatic rings. The zero-order chi connectivity index (χ0) is 21.0. The summed E-state index contributed by atoms with van der Waals surface area (Å²) in [4.78, 5) is 14.0. The lowest BCUT2D eigenvalue weighted by atomic mass is 10.1. The highest BCUT2D eigenvalue weighted by Gasteiger charge is 2.31. The quantitative estimate of drug-likeness (QED) is 0.748. The van der Waals surface area contributed by atoms with E-state index in [2.05, 4.69) is 5.32 Å². The molecule has 0 radical (unpaired) electrons. The number of carbonyl (C=O) groups excluding carboxylic acids is 1. The second-order valence-electron chi connectivity index (χ2n) is 6.85. The summed E-state index contributed by atoms with van der Waals surface area (Å²) >= 11 is 12.0. The summed E-state index contributed by atoms with van der Waals surface area (Å²) < 4.78 is 27.1. The van der Waals surface area contributed by atoms with Crippen molar-refractivity contribution in [2.75, 3.05) is 32.7 Å². The van der Waals surface area contributed by atoms with Crippen molar-refractivity contribution in [1.29, 1.82) is 0 Å². The molecule has 6 nitrogen and oxygen atoms in total. The average Bonchev–Trinajstić information content (AvgIpc) is 2.71. The molecule has 1 aliphatic heterocycles. The third kappa shape index (κ3) is 5.04. The van der Waals surface area contributed by atoms with Gasteiger partial charge in [0, 0.05) is 32.7 Å². The van der Waals surface area contributed by atoms with Crippen molar-refractivity contribution in [1.82, 2.24) is 14.5 Å². The number of rotatable bonds is 5. The molecule has 1 N–H and O–H groups in total. The lowest BCUT2D eigenvalue weighted by Crippen LogP contribution is -2.53. The van der Waals surface area contributed by atoms with E-state index in [-0.39, 0.29) is 34.1 Å². The highest BCUT2D eigenvalue weighted by atomic mass is 35.5. The van der Waals surface area contributed by atoms with E-state index in [4.69, 9.17) is 23.2 Å². The van der Waals surface area contributed by atoms with Gasteiger partial charge in [0.1, 0.15) is 4.90 Å². The number of piperazine rings is 1. The molecule has 2 aromatic carbocycles. The van der Waals surface area contributed by atoms with Gasteiger partial charge in [-0.25, -0.2) is 13.2 Å². The third-order valence-electron chi connectivity index (χ3n) is 4.99. The number of aryl methyl sites for hydroxylation is 1. The van der Waals surface area contributed by atoms with Gasteiger partial charge in [-0.2, -0.15) is 4.31 Å². The van der Waals surface area contributed by atoms with Gasteiger partial charge < -0.3 is 10.2 Å². The van der Waals surface area contributed by atoms with E-state index in [9.17, 15) is 13.2 Å². The van der Waals surface area contributed by atoms with Crippen LogP contribution in [0.4, 0.5) is 4.79 Å². The number of halogens is 2. The summed E-state index contributed by atoms with van der Waals surface area (Å²) in [5.41, 5.74) is 2.39. The molecule has 0 bridgehead atoms. The lowest BCUT2D eigenvalue weighted by Gasteiger charge is -2.34. The standard InChI is InChI=1S/C20H23Cl2N3O3S/c1-15-5-2-3-6-16(15)9-10-23-20(26)24-11-13-25(14-12-24)29(27,28)18-8-4-7-17(21)19(18)22/h2-8H,9-14H2,1H3,(H,23,26). The number of nitrogens with one attached hydrogen (secondary N) is 1. The number of benzene rings is 2. The maximum atomic E-state index is 12.9. The first-order chi connectivity index (χ1) is 13.8. The summed E-state index contributed by atoms with van der Waals surface area (Å²) in [5.74, 6) is 0. The Balaban J connectivity index is 1.54. The summed E-state index contributed by atoms with van der Waals surface area (Å²) in [7, 11) is -3.76. The van der Waals surface area contributed by atoms with E-state index in [0.29, 0.717) is 19.6 Å². The largest absolute Gasteiger partial charge is 0.338 e. The van der Waals surface area contributed by atoms with Crippen molar-refractivity contribution in [3.8, 4) is 0 Å². The first-order valence-electron chi connectivity index (χ1n) is 9.32. The second kappa shape index (κ2) is 9.34. The van der Waals surface area contributed by atoms with E-state index in [1.807, 2.05) is 31.2 Å². The number of nitrogens with zero attached hydrogens (tertiary/aromatic N) is 2.